The average molecular weight is 250 g/mol. The van der Waals surface area contributed by atoms with Crippen LogP contribution in [-0.2, 0) is 4.79 Å². The van der Waals surface area contributed by atoms with Crippen molar-refractivity contribution in [2.45, 2.75) is 12.2 Å². The van der Waals surface area contributed by atoms with Crippen molar-refractivity contribution in [1.29, 1.82) is 0 Å². The number of nitrogens with two attached hydrogens (primary N) is 1. The van der Waals surface area contributed by atoms with E-state index in [0.717, 1.165) is 0 Å². The van der Waals surface area contributed by atoms with E-state index in [2.05, 4.69) is 0 Å². The van der Waals surface area contributed by atoms with E-state index in [-0.39, 0.29) is 10.6 Å². The van der Waals surface area contributed by atoms with E-state index in [1.807, 2.05) is 0 Å². The summed E-state index contributed by atoms with van der Waals surface area (Å²) in [7, 11) is 0. The van der Waals surface area contributed by atoms with Gasteiger partial charge < -0.3 is 15.9 Å². The third-order valence-electron chi connectivity index (χ3n) is 1.87. The van der Waals surface area contributed by atoms with Crippen LogP contribution in [0.25, 0.3) is 0 Å². The van der Waals surface area contributed by atoms with Crippen molar-refractivity contribution < 1.29 is 15.0 Å². The molecule has 0 aliphatic rings. The summed E-state index contributed by atoms with van der Waals surface area (Å²) in [4.78, 5) is 10.6. The monoisotopic (exact) mass is 249 g/mol. The van der Waals surface area contributed by atoms with Crippen LogP contribution in [0.3, 0.4) is 0 Å². The van der Waals surface area contributed by atoms with Crippen LogP contribution in [0.5, 0.6) is 0 Å². The number of carbonyl (C=O) groups excluding carboxylic acids is 1. The molecule has 1 aromatic rings. The molecule has 82 valence electrons. The molecule has 2 atom stereocenters. The van der Waals surface area contributed by atoms with Crippen LogP contribution < -0.4 is 5.73 Å². The molecule has 4 N–H and O–H groups in total. The Morgan fingerprint density at radius 1 is 1.33 bits per heavy atom. The smallest absolute Gasteiger partial charge is 0.249 e. The number of halogens is 2. The Balaban J connectivity index is 3.04. The Hall–Kier alpha value is -0.810. The van der Waals surface area contributed by atoms with Crippen LogP contribution in [0, 0.1) is 0 Å². The number of hydrogen-bond donors (Lipinski definition) is 3. The molecule has 6 heteroatoms. The fourth-order valence-corrected chi connectivity index (χ4v) is 1.48. The van der Waals surface area contributed by atoms with E-state index in [9.17, 15) is 15.0 Å². The minimum atomic E-state index is -1.71. The van der Waals surface area contributed by atoms with Crippen LogP contribution in [0.2, 0.25) is 10.0 Å². The molecule has 0 spiro atoms. The summed E-state index contributed by atoms with van der Waals surface area (Å²) in [6.07, 6.45) is -3.19. The van der Waals surface area contributed by atoms with Crippen molar-refractivity contribution in [2.75, 3.05) is 0 Å². The fourth-order valence-electron chi connectivity index (χ4n) is 1.07. The molecule has 0 aromatic heterocycles. The van der Waals surface area contributed by atoms with Gasteiger partial charge >= 0.3 is 0 Å². The summed E-state index contributed by atoms with van der Waals surface area (Å²) in [5, 5.41) is 19.3. The zero-order chi connectivity index (χ0) is 11.6. The Morgan fingerprint density at radius 2 is 1.93 bits per heavy atom. The number of aliphatic hydroxyl groups is 2. The second-order valence-corrected chi connectivity index (χ2v) is 3.80. The van der Waals surface area contributed by atoms with E-state index < -0.39 is 18.1 Å². The first-order valence-corrected chi connectivity index (χ1v) is 4.79. The number of benzene rings is 1. The van der Waals surface area contributed by atoms with E-state index >= 15 is 0 Å². The second-order valence-electron chi connectivity index (χ2n) is 2.96. The number of rotatable bonds is 3. The van der Waals surface area contributed by atoms with Gasteiger partial charge in [0.2, 0.25) is 5.91 Å². The average Bonchev–Trinajstić information content (AvgIpc) is 2.19. The zero-order valence-electron chi connectivity index (χ0n) is 7.52. The first-order chi connectivity index (χ1) is 6.93. The Bertz CT molecular complexity index is 384. The summed E-state index contributed by atoms with van der Waals surface area (Å²) < 4.78 is 0. The molecular formula is C9H9Cl2NO3. The van der Waals surface area contributed by atoms with Crippen molar-refractivity contribution in [3.63, 3.8) is 0 Å². The van der Waals surface area contributed by atoms with E-state index in [4.69, 9.17) is 28.9 Å². The molecule has 1 aromatic carbocycles. The molecule has 0 bridgehead atoms. The molecule has 0 aliphatic heterocycles. The zero-order valence-corrected chi connectivity index (χ0v) is 9.03. The molecule has 4 nitrogen and oxygen atoms in total. The molecule has 1 amide bonds. The van der Waals surface area contributed by atoms with Gasteiger partial charge in [0.05, 0.1) is 0 Å². The van der Waals surface area contributed by atoms with Gasteiger partial charge in [0, 0.05) is 15.6 Å². The fraction of sp³-hybridized carbons (Fsp3) is 0.222. The molecule has 1 rings (SSSR count). The maximum atomic E-state index is 10.6. The number of carbonyl (C=O) groups is 1. The molecule has 15 heavy (non-hydrogen) atoms. The summed E-state index contributed by atoms with van der Waals surface area (Å²) in [6, 6.07) is 4.34. The largest absolute Gasteiger partial charge is 0.385 e. The van der Waals surface area contributed by atoms with Crippen LogP contribution in [-0.4, -0.2) is 22.2 Å². The first kappa shape index (κ1) is 12.3. The van der Waals surface area contributed by atoms with Crippen LogP contribution >= 0.6 is 23.2 Å². The van der Waals surface area contributed by atoms with E-state index in [1.165, 1.54) is 18.2 Å². The number of hydrogen-bond acceptors (Lipinski definition) is 3. The lowest BCUT2D eigenvalue weighted by molar-refractivity contribution is -0.131. The summed E-state index contributed by atoms with van der Waals surface area (Å²) >= 11 is 11.4. The standard InChI is InChI=1S/C9H9Cl2NO3/c10-4-1-2-6(11)5(3-4)7(13)8(14)9(12)15/h1-3,7-8,13-14H,(H2,12,15). The SMILES string of the molecule is NC(=O)C(O)C(O)c1cc(Cl)ccc1Cl. The van der Waals surface area contributed by atoms with Gasteiger partial charge in [-0.15, -0.1) is 0 Å². The molecule has 0 saturated carbocycles. The quantitative estimate of drug-likeness (QED) is 0.744. The topological polar surface area (TPSA) is 83.6 Å². The summed E-state index contributed by atoms with van der Waals surface area (Å²) in [5.41, 5.74) is 5.00. The predicted molar refractivity (Wildman–Crippen MR) is 56.6 cm³/mol. The molecule has 0 fully saturated rings. The maximum Gasteiger partial charge on any atom is 0.249 e. The molecule has 0 saturated heterocycles. The van der Waals surface area contributed by atoms with Crippen LogP contribution in [0.4, 0.5) is 0 Å². The Kier molecular flexibility index (Phi) is 3.93. The van der Waals surface area contributed by atoms with E-state index in [0.29, 0.717) is 5.02 Å². The van der Waals surface area contributed by atoms with E-state index in [1.54, 1.807) is 0 Å². The first-order valence-electron chi connectivity index (χ1n) is 4.04. The highest BCUT2D eigenvalue weighted by Crippen LogP contribution is 2.28. The van der Waals surface area contributed by atoms with Crippen molar-refractivity contribution in [3.8, 4) is 0 Å². The predicted octanol–water partition coefficient (Wildman–Crippen LogP) is 0.873. The molecular weight excluding hydrogens is 241 g/mol. The lowest BCUT2D eigenvalue weighted by Crippen LogP contribution is -2.33. The normalized spacial score (nSPS) is 14.7. The maximum absolute atomic E-state index is 10.6. The van der Waals surface area contributed by atoms with Gasteiger partial charge in [0.15, 0.2) is 6.10 Å². The van der Waals surface area contributed by atoms with Gasteiger partial charge in [-0.1, -0.05) is 23.2 Å². The highest BCUT2D eigenvalue weighted by molar-refractivity contribution is 6.33. The van der Waals surface area contributed by atoms with Crippen molar-refractivity contribution >= 4 is 29.1 Å². The molecule has 2 unspecified atom stereocenters. The number of primary amides is 1. The summed E-state index contributed by atoms with van der Waals surface area (Å²) in [5.74, 6) is -1.03. The Labute approximate surface area is 96.2 Å². The summed E-state index contributed by atoms with van der Waals surface area (Å²) in [6.45, 7) is 0. The van der Waals surface area contributed by atoms with Crippen LogP contribution in [0.15, 0.2) is 18.2 Å². The number of aliphatic hydroxyl groups excluding tert-OH is 2. The van der Waals surface area contributed by atoms with Gasteiger partial charge in [-0.25, -0.2) is 0 Å². The third kappa shape index (κ3) is 2.82. The highest BCUT2D eigenvalue weighted by atomic mass is 35.5. The van der Waals surface area contributed by atoms with Crippen molar-refractivity contribution in [1.82, 2.24) is 0 Å². The molecule has 0 heterocycles. The number of amides is 1. The van der Waals surface area contributed by atoms with Gasteiger partial charge in [-0.05, 0) is 18.2 Å². The molecule has 0 aliphatic carbocycles. The van der Waals surface area contributed by atoms with Crippen molar-refractivity contribution in [3.05, 3.63) is 33.8 Å². The van der Waals surface area contributed by atoms with Gasteiger partial charge in [0.25, 0.3) is 0 Å². The minimum absolute atomic E-state index is 0.162. The lowest BCUT2D eigenvalue weighted by Gasteiger charge is -2.16. The van der Waals surface area contributed by atoms with Gasteiger partial charge in [-0.3, -0.25) is 4.79 Å². The highest BCUT2D eigenvalue weighted by Gasteiger charge is 2.25. The third-order valence-corrected chi connectivity index (χ3v) is 2.45. The van der Waals surface area contributed by atoms with Crippen LogP contribution in [0.1, 0.15) is 11.7 Å². The molecule has 0 radical (unpaired) electrons. The second kappa shape index (κ2) is 4.81. The minimum Gasteiger partial charge on any atom is -0.385 e. The Morgan fingerprint density at radius 3 is 2.47 bits per heavy atom. The van der Waals surface area contributed by atoms with Gasteiger partial charge in [0.1, 0.15) is 6.10 Å². The van der Waals surface area contributed by atoms with Gasteiger partial charge in [-0.2, -0.15) is 0 Å². The van der Waals surface area contributed by atoms with Crippen molar-refractivity contribution in [2.24, 2.45) is 5.73 Å². The lowest BCUT2D eigenvalue weighted by atomic mass is 10.0.